The van der Waals surface area contributed by atoms with Gasteiger partial charge in [-0.15, -0.1) is 0 Å². The Balaban J connectivity index is 0.774. The molecule has 0 N–H and O–H groups in total. The summed E-state index contributed by atoms with van der Waals surface area (Å²) in [6, 6.07) is 101. The molecule has 0 radical (unpaired) electrons. The predicted molar refractivity (Wildman–Crippen MR) is 343 cm³/mol. The summed E-state index contributed by atoms with van der Waals surface area (Å²) in [5.74, 6) is 0. The lowest BCUT2D eigenvalue weighted by molar-refractivity contribution is 0.967. The van der Waals surface area contributed by atoms with Crippen molar-refractivity contribution in [2.24, 2.45) is 0 Å². The van der Waals surface area contributed by atoms with Gasteiger partial charge >= 0.3 is 0 Å². The van der Waals surface area contributed by atoms with Crippen LogP contribution in [0.5, 0.6) is 0 Å². The molecule has 0 saturated heterocycles. The normalized spacial score (nSPS) is 12.2. The highest BCUT2D eigenvalue weighted by atomic mass is 15.1. The molecule has 1 aliphatic rings. The summed E-state index contributed by atoms with van der Waals surface area (Å²) >= 11 is 0. The summed E-state index contributed by atoms with van der Waals surface area (Å²) in [4.78, 5) is 15.5. The van der Waals surface area contributed by atoms with Crippen LogP contribution >= 0.6 is 0 Å². The minimum Gasteiger partial charge on any atom is -0.310 e. The molecular formula is C76H52N6. The van der Waals surface area contributed by atoms with E-state index in [-0.39, 0.29) is 0 Å². The van der Waals surface area contributed by atoms with Crippen molar-refractivity contribution in [1.29, 1.82) is 0 Å². The topological polar surface area (TPSA) is 42.1 Å². The molecule has 3 aromatic heterocycles. The van der Waals surface area contributed by atoms with Gasteiger partial charge in [-0.3, -0.25) is 0 Å². The van der Waals surface area contributed by atoms with Gasteiger partial charge in [0.15, 0.2) is 0 Å². The highest BCUT2D eigenvalue weighted by Crippen LogP contribution is 2.43. The Labute approximate surface area is 475 Å². The number of fused-ring (bicyclic) bond motifs is 9. The summed E-state index contributed by atoms with van der Waals surface area (Å²) < 4.78 is 4.79. The van der Waals surface area contributed by atoms with Crippen molar-refractivity contribution in [1.82, 2.24) is 19.1 Å². The van der Waals surface area contributed by atoms with Crippen molar-refractivity contribution < 1.29 is 0 Å². The molecule has 386 valence electrons. The van der Waals surface area contributed by atoms with Crippen molar-refractivity contribution >= 4 is 105 Å². The van der Waals surface area contributed by atoms with Gasteiger partial charge in [0, 0.05) is 78.5 Å². The fourth-order valence-corrected chi connectivity index (χ4v) is 12.6. The molecule has 0 saturated carbocycles. The molecular weight excluding hydrogens is 997 g/mol. The number of aryl methyl sites for hydroxylation is 1. The number of hydrogen-bond donors (Lipinski definition) is 0. The van der Waals surface area contributed by atoms with E-state index in [1.807, 2.05) is 12.1 Å². The number of rotatable bonds is 10. The lowest BCUT2D eigenvalue weighted by Crippen LogP contribution is -2.10. The molecule has 6 heteroatoms. The van der Waals surface area contributed by atoms with E-state index in [4.69, 9.17) is 9.97 Å². The third kappa shape index (κ3) is 8.03. The van der Waals surface area contributed by atoms with Crippen LogP contribution in [0.25, 0.3) is 105 Å². The summed E-state index contributed by atoms with van der Waals surface area (Å²) in [5, 5.41) is 8.60. The lowest BCUT2D eigenvalue weighted by Gasteiger charge is -2.27. The number of allylic oxidation sites excluding steroid dienone is 1. The van der Waals surface area contributed by atoms with Gasteiger partial charge in [0.05, 0.1) is 39.0 Å². The maximum atomic E-state index is 5.39. The molecule has 1 aliphatic carbocycles. The van der Waals surface area contributed by atoms with E-state index in [9.17, 15) is 0 Å². The first-order valence-electron chi connectivity index (χ1n) is 28.2. The Bertz CT molecular complexity index is 4920. The lowest BCUT2D eigenvalue weighted by atomic mass is 10.0. The number of nitrogens with zero attached hydrogens (tertiary/aromatic N) is 6. The Morgan fingerprint density at radius 2 is 0.695 bits per heavy atom. The van der Waals surface area contributed by atoms with E-state index in [0.717, 1.165) is 91.9 Å². The summed E-state index contributed by atoms with van der Waals surface area (Å²) in [5.41, 5.74) is 20.2. The van der Waals surface area contributed by atoms with Crippen LogP contribution in [0.3, 0.4) is 0 Å². The van der Waals surface area contributed by atoms with E-state index in [1.54, 1.807) is 0 Å². The van der Waals surface area contributed by atoms with Crippen LogP contribution in [-0.2, 0) is 6.42 Å². The number of aromatic nitrogens is 4. The fourth-order valence-electron chi connectivity index (χ4n) is 12.6. The van der Waals surface area contributed by atoms with Gasteiger partial charge in [-0.2, -0.15) is 0 Å². The predicted octanol–water partition coefficient (Wildman–Crippen LogP) is 20.2. The Morgan fingerprint density at radius 1 is 0.317 bits per heavy atom. The molecule has 0 unspecified atom stereocenters. The van der Waals surface area contributed by atoms with Crippen LogP contribution in [0.2, 0.25) is 0 Å². The van der Waals surface area contributed by atoms with Gasteiger partial charge in [0.2, 0.25) is 0 Å². The van der Waals surface area contributed by atoms with Gasteiger partial charge in [0.1, 0.15) is 0 Å². The molecule has 6 nitrogen and oxygen atoms in total. The minimum atomic E-state index is 0.822. The van der Waals surface area contributed by atoms with Gasteiger partial charge in [-0.05, 0) is 173 Å². The summed E-state index contributed by atoms with van der Waals surface area (Å²) in [6.07, 6.45) is 6.72. The second kappa shape index (κ2) is 19.5. The van der Waals surface area contributed by atoms with Gasteiger partial charge < -0.3 is 18.9 Å². The van der Waals surface area contributed by atoms with Crippen LogP contribution in [0.4, 0.5) is 34.1 Å². The van der Waals surface area contributed by atoms with E-state index >= 15 is 0 Å². The molecule has 82 heavy (non-hydrogen) atoms. The third-order valence-corrected chi connectivity index (χ3v) is 16.5. The second-order valence-corrected chi connectivity index (χ2v) is 21.3. The molecule has 3 heterocycles. The van der Waals surface area contributed by atoms with E-state index in [2.05, 4.69) is 298 Å². The first-order chi connectivity index (χ1) is 40.6. The molecule has 12 aromatic carbocycles. The minimum absolute atomic E-state index is 0.822. The Morgan fingerprint density at radius 3 is 1.18 bits per heavy atom. The number of anilines is 6. The van der Waals surface area contributed by atoms with E-state index in [1.165, 1.54) is 65.5 Å². The van der Waals surface area contributed by atoms with Crippen molar-refractivity contribution in [3.8, 4) is 33.9 Å². The molecule has 0 atom stereocenters. The van der Waals surface area contributed by atoms with Crippen LogP contribution < -0.4 is 9.80 Å². The van der Waals surface area contributed by atoms with E-state index in [0.29, 0.717) is 0 Å². The molecule has 0 amide bonds. The summed E-state index contributed by atoms with van der Waals surface area (Å²) in [6.45, 7) is 0. The first kappa shape index (κ1) is 47.2. The van der Waals surface area contributed by atoms with Crippen LogP contribution in [0, 0.1) is 0 Å². The second-order valence-electron chi connectivity index (χ2n) is 21.3. The Kier molecular flexibility index (Phi) is 11.2. The van der Waals surface area contributed by atoms with Crippen LogP contribution in [0.1, 0.15) is 17.7 Å². The SMILES string of the molecule is C1=Cc2c(c3ccccc3n2-c2ccc(N(c3ccc(-c4nc5ccccc5nc4-c4ccc(N(c5ccc(-n6c7ccccc7c7ccccc76)cc5)c5ccc6ccccc6c5)cc4)cc3)c3ccc4ccccc4c3)cc2)CC1. The highest BCUT2D eigenvalue weighted by Gasteiger charge is 2.22. The molecule has 16 rings (SSSR count). The van der Waals surface area contributed by atoms with Crippen molar-refractivity contribution in [2.75, 3.05) is 9.80 Å². The molecule has 0 bridgehead atoms. The van der Waals surface area contributed by atoms with Crippen molar-refractivity contribution in [2.45, 2.75) is 12.8 Å². The number of hydrogen-bond acceptors (Lipinski definition) is 4. The standard InChI is InChI=1S/C76H52N6/c1-3-17-55-49-63(39-29-51(55)15-1)79(59-41-45-61(46-42-59)81-71-25-11-5-19-65(71)66-20-6-12-26-72(66)81)57-35-31-53(32-36-57)75-76(78-70-24-10-9-23-69(70)77-75)54-33-37-58(38-34-54)80(64-40-30-52-16-2-4-18-56(52)50-64)60-43-47-62(48-44-60)82-73-27-13-7-21-67(73)68-22-8-14-28-74(68)82/h1-7,9-21,23-50H,8,22H2. The molecule has 0 fully saturated rings. The average molecular weight is 1050 g/mol. The first-order valence-corrected chi connectivity index (χ1v) is 28.2. The zero-order chi connectivity index (χ0) is 54.1. The number of benzene rings is 12. The quantitative estimate of drug-likeness (QED) is 0.137. The maximum Gasteiger partial charge on any atom is 0.0973 e. The van der Waals surface area contributed by atoms with Gasteiger partial charge in [-0.25, -0.2) is 9.97 Å². The highest BCUT2D eigenvalue weighted by molar-refractivity contribution is 6.09. The monoisotopic (exact) mass is 1050 g/mol. The smallest absolute Gasteiger partial charge is 0.0973 e. The van der Waals surface area contributed by atoms with Crippen molar-refractivity contribution in [3.63, 3.8) is 0 Å². The van der Waals surface area contributed by atoms with Gasteiger partial charge in [0.25, 0.3) is 0 Å². The maximum absolute atomic E-state index is 5.39. The number of para-hydroxylation sites is 5. The largest absolute Gasteiger partial charge is 0.310 e. The third-order valence-electron chi connectivity index (χ3n) is 16.5. The fraction of sp³-hybridized carbons (Fsp3) is 0.0263. The average Bonchev–Trinajstić information content (AvgIpc) is 4.19. The molecule has 15 aromatic rings. The zero-order valence-electron chi connectivity index (χ0n) is 44.8. The van der Waals surface area contributed by atoms with E-state index < -0.39 is 0 Å². The molecule has 0 spiro atoms. The zero-order valence-corrected chi connectivity index (χ0v) is 44.8. The van der Waals surface area contributed by atoms with Crippen molar-refractivity contribution in [3.05, 3.63) is 296 Å². The molecule has 0 aliphatic heterocycles. The van der Waals surface area contributed by atoms with Gasteiger partial charge in [-0.1, -0.05) is 158 Å². The summed E-state index contributed by atoms with van der Waals surface area (Å²) in [7, 11) is 0. The Hall–Kier alpha value is -10.8. The van der Waals surface area contributed by atoms with Crippen LogP contribution in [-0.4, -0.2) is 19.1 Å². The van der Waals surface area contributed by atoms with Crippen LogP contribution in [0.15, 0.2) is 285 Å².